The molecule has 0 bridgehead atoms. The fourth-order valence-electron chi connectivity index (χ4n) is 2.70. The van der Waals surface area contributed by atoms with E-state index in [4.69, 9.17) is 0 Å². The van der Waals surface area contributed by atoms with Gasteiger partial charge < -0.3 is 4.90 Å². The van der Waals surface area contributed by atoms with E-state index in [0.717, 1.165) is 31.7 Å². The first-order valence-electron chi connectivity index (χ1n) is 7.28. The van der Waals surface area contributed by atoms with Crippen LogP contribution in [0.15, 0.2) is 30.3 Å². The smallest absolute Gasteiger partial charge is 0.179 e. The second kappa shape index (κ2) is 6.83. The fourth-order valence-corrected chi connectivity index (χ4v) is 2.70. The number of ketones is 1. The third kappa shape index (κ3) is 3.64. The summed E-state index contributed by atoms with van der Waals surface area (Å²) < 4.78 is 0. The standard InChI is InChI=1S/C16H24N2O/c1-3-9-17-10-12-18(13-11-17)14(2)16(19)15-7-5-4-6-8-15/h4-8,14H,3,9-13H2,1-2H3. The molecular formula is C16H24N2O. The predicted octanol–water partition coefficient (Wildman–Crippen LogP) is 2.29. The van der Waals surface area contributed by atoms with Crippen LogP contribution in [-0.2, 0) is 0 Å². The van der Waals surface area contributed by atoms with Crippen LogP contribution in [0.5, 0.6) is 0 Å². The average Bonchev–Trinajstić information content (AvgIpc) is 2.48. The zero-order valence-electron chi connectivity index (χ0n) is 12.0. The first kappa shape index (κ1) is 14.2. The van der Waals surface area contributed by atoms with Gasteiger partial charge in [0.05, 0.1) is 6.04 Å². The number of piperazine rings is 1. The SMILES string of the molecule is CCCN1CCN(C(C)C(=O)c2ccccc2)CC1. The number of Topliss-reactive ketones (excluding diaryl/α,β-unsaturated/α-hetero) is 1. The number of carbonyl (C=O) groups is 1. The number of hydrogen-bond donors (Lipinski definition) is 0. The third-order valence-corrected chi connectivity index (χ3v) is 3.93. The minimum atomic E-state index is -0.00817. The van der Waals surface area contributed by atoms with Gasteiger partial charge in [-0.2, -0.15) is 0 Å². The van der Waals surface area contributed by atoms with E-state index in [-0.39, 0.29) is 11.8 Å². The van der Waals surface area contributed by atoms with Crippen LogP contribution in [-0.4, -0.2) is 54.3 Å². The molecule has 1 heterocycles. The van der Waals surface area contributed by atoms with Crippen LogP contribution in [0, 0.1) is 0 Å². The van der Waals surface area contributed by atoms with Gasteiger partial charge in [-0.1, -0.05) is 37.3 Å². The van der Waals surface area contributed by atoms with E-state index >= 15 is 0 Å². The van der Waals surface area contributed by atoms with Crippen molar-refractivity contribution < 1.29 is 4.79 Å². The summed E-state index contributed by atoms with van der Waals surface area (Å²) in [7, 11) is 0. The summed E-state index contributed by atoms with van der Waals surface area (Å²) in [5, 5.41) is 0. The van der Waals surface area contributed by atoms with Crippen molar-refractivity contribution in [2.24, 2.45) is 0 Å². The highest BCUT2D eigenvalue weighted by atomic mass is 16.1. The minimum absolute atomic E-state index is 0.00817. The van der Waals surface area contributed by atoms with Gasteiger partial charge >= 0.3 is 0 Å². The van der Waals surface area contributed by atoms with Gasteiger partial charge in [0.2, 0.25) is 0 Å². The number of nitrogens with zero attached hydrogens (tertiary/aromatic N) is 2. The molecule has 19 heavy (non-hydrogen) atoms. The molecule has 104 valence electrons. The molecule has 0 aromatic heterocycles. The van der Waals surface area contributed by atoms with Crippen molar-refractivity contribution in [3.8, 4) is 0 Å². The maximum Gasteiger partial charge on any atom is 0.179 e. The fraction of sp³-hybridized carbons (Fsp3) is 0.562. The largest absolute Gasteiger partial charge is 0.301 e. The van der Waals surface area contributed by atoms with E-state index in [0.29, 0.717) is 0 Å². The molecule has 0 amide bonds. The second-order valence-corrected chi connectivity index (χ2v) is 5.28. The molecule has 1 aromatic carbocycles. The van der Waals surface area contributed by atoms with E-state index in [9.17, 15) is 4.79 Å². The van der Waals surface area contributed by atoms with Gasteiger partial charge in [-0.15, -0.1) is 0 Å². The van der Waals surface area contributed by atoms with Crippen molar-refractivity contribution in [1.82, 2.24) is 9.80 Å². The lowest BCUT2D eigenvalue weighted by Crippen LogP contribution is -2.51. The number of rotatable bonds is 5. The summed E-state index contributed by atoms with van der Waals surface area (Å²) in [6, 6.07) is 9.62. The lowest BCUT2D eigenvalue weighted by atomic mass is 10.0. The molecule has 0 spiro atoms. The highest BCUT2D eigenvalue weighted by molar-refractivity contribution is 5.99. The molecule has 1 atom stereocenters. The average molecular weight is 260 g/mol. The van der Waals surface area contributed by atoms with Crippen molar-refractivity contribution in [3.63, 3.8) is 0 Å². The van der Waals surface area contributed by atoms with Crippen LogP contribution < -0.4 is 0 Å². The van der Waals surface area contributed by atoms with Crippen molar-refractivity contribution in [1.29, 1.82) is 0 Å². The zero-order valence-corrected chi connectivity index (χ0v) is 12.0. The molecule has 3 heteroatoms. The van der Waals surface area contributed by atoms with Crippen LogP contribution in [0.3, 0.4) is 0 Å². The van der Waals surface area contributed by atoms with Crippen molar-refractivity contribution in [3.05, 3.63) is 35.9 Å². The van der Waals surface area contributed by atoms with Gasteiger partial charge in [-0.05, 0) is 19.9 Å². The summed E-state index contributed by atoms with van der Waals surface area (Å²) in [4.78, 5) is 17.2. The van der Waals surface area contributed by atoms with Gasteiger partial charge in [0, 0.05) is 31.7 Å². The Bertz CT molecular complexity index is 396. The first-order valence-corrected chi connectivity index (χ1v) is 7.28. The first-order chi connectivity index (χ1) is 9.22. The van der Waals surface area contributed by atoms with Gasteiger partial charge in [0.1, 0.15) is 0 Å². The molecule has 0 N–H and O–H groups in total. The summed E-state index contributed by atoms with van der Waals surface area (Å²) in [5.74, 6) is 0.240. The van der Waals surface area contributed by atoms with Crippen LogP contribution >= 0.6 is 0 Å². The molecule has 1 aromatic rings. The Balaban J connectivity index is 1.91. The predicted molar refractivity (Wildman–Crippen MR) is 78.5 cm³/mol. The molecule has 1 unspecified atom stereocenters. The maximum absolute atomic E-state index is 12.4. The Morgan fingerprint density at radius 1 is 1.16 bits per heavy atom. The molecule has 1 fully saturated rings. The Kier molecular flexibility index (Phi) is 5.11. The Morgan fingerprint density at radius 3 is 2.37 bits per heavy atom. The Morgan fingerprint density at radius 2 is 1.79 bits per heavy atom. The van der Waals surface area contributed by atoms with E-state index in [1.807, 2.05) is 37.3 Å². The second-order valence-electron chi connectivity index (χ2n) is 5.28. The highest BCUT2D eigenvalue weighted by Crippen LogP contribution is 2.12. The van der Waals surface area contributed by atoms with E-state index < -0.39 is 0 Å². The van der Waals surface area contributed by atoms with Gasteiger partial charge in [0.25, 0.3) is 0 Å². The Hall–Kier alpha value is -1.19. The van der Waals surface area contributed by atoms with E-state index in [1.165, 1.54) is 13.0 Å². The molecule has 1 aliphatic heterocycles. The lowest BCUT2D eigenvalue weighted by Gasteiger charge is -2.37. The summed E-state index contributed by atoms with van der Waals surface area (Å²) in [5.41, 5.74) is 0.825. The topological polar surface area (TPSA) is 23.6 Å². The molecule has 0 saturated carbocycles. The Labute approximate surface area is 116 Å². The zero-order chi connectivity index (χ0) is 13.7. The van der Waals surface area contributed by atoms with Crippen molar-refractivity contribution in [2.45, 2.75) is 26.3 Å². The van der Waals surface area contributed by atoms with Crippen LogP contribution in [0.4, 0.5) is 0 Å². The van der Waals surface area contributed by atoms with Crippen molar-refractivity contribution >= 4 is 5.78 Å². The van der Waals surface area contributed by atoms with Crippen molar-refractivity contribution in [2.75, 3.05) is 32.7 Å². The third-order valence-electron chi connectivity index (χ3n) is 3.93. The van der Waals surface area contributed by atoms with Crippen LogP contribution in [0.2, 0.25) is 0 Å². The summed E-state index contributed by atoms with van der Waals surface area (Å²) in [6.45, 7) is 9.59. The minimum Gasteiger partial charge on any atom is -0.301 e. The number of benzene rings is 1. The molecule has 1 aliphatic rings. The monoisotopic (exact) mass is 260 g/mol. The highest BCUT2D eigenvalue weighted by Gasteiger charge is 2.25. The van der Waals surface area contributed by atoms with Gasteiger partial charge in [0.15, 0.2) is 5.78 Å². The molecule has 3 nitrogen and oxygen atoms in total. The van der Waals surface area contributed by atoms with E-state index in [2.05, 4.69) is 16.7 Å². The van der Waals surface area contributed by atoms with Gasteiger partial charge in [-0.3, -0.25) is 9.69 Å². The number of carbonyl (C=O) groups excluding carboxylic acids is 1. The molecule has 0 aliphatic carbocycles. The number of hydrogen-bond acceptors (Lipinski definition) is 3. The summed E-state index contributed by atoms with van der Waals surface area (Å²) >= 11 is 0. The maximum atomic E-state index is 12.4. The summed E-state index contributed by atoms with van der Waals surface area (Å²) in [6.07, 6.45) is 1.21. The quantitative estimate of drug-likeness (QED) is 0.759. The lowest BCUT2D eigenvalue weighted by molar-refractivity contribution is 0.0701. The van der Waals surface area contributed by atoms with Crippen LogP contribution in [0.25, 0.3) is 0 Å². The van der Waals surface area contributed by atoms with Crippen LogP contribution in [0.1, 0.15) is 30.6 Å². The normalized spacial score (nSPS) is 19.3. The van der Waals surface area contributed by atoms with E-state index in [1.54, 1.807) is 0 Å². The molecule has 1 saturated heterocycles. The molecule has 2 rings (SSSR count). The molecular weight excluding hydrogens is 236 g/mol. The van der Waals surface area contributed by atoms with Gasteiger partial charge in [-0.25, -0.2) is 0 Å². The molecule has 0 radical (unpaired) electrons.